The number of thiophene rings is 1. The smallest absolute Gasteiger partial charge is 0.259 e. The lowest BCUT2D eigenvalue weighted by Crippen LogP contribution is -2.44. The third-order valence-corrected chi connectivity index (χ3v) is 7.89. The Labute approximate surface area is 218 Å². The first-order valence-electron chi connectivity index (χ1n) is 11.8. The number of thioether (sulfide) groups is 1. The van der Waals surface area contributed by atoms with Crippen LogP contribution in [0.5, 0.6) is 0 Å². The largest absolute Gasteiger partial charge is 0.385 e. The maximum absolute atomic E-state index is 13.4. The Morgan fingerprint density at radius 3 is 2.81 bits per heavy atom. The van der Waals surface area contributed by atoms with Crippen LogP contribution in [0, 0.1) is 0 Å². The molecule has 3 amide bonds. The Bertz CT molecular complexity index is 1160. The van der Waals surface area contributed by atoms with E-state index in [1.165, 1.54) is 16.7 Å². The van der Waals surface area contributed by atoms with Gasteiger partial charge in [0.2, 0.25) is 11.8 Å². The zero-order valence-electron chi connectivity index (χ0n) is 20.2. The summed E-state index contributed by atoms with van der Waals surface area (Å²) in [4.78, 5) is 50.7. The van der Waals surface area contributed by atoms with Gasteiger partial charge in [-0.1, -0.05) is 36.9 Å². The fourth-order valence-corrected chi connectivity index (χ4v) is 5.54. The Morgan fingerprint density at radius 1 is 1.22 bits per heavy atom. The molecule has 9 nitrogen and oxygen atoms in total. The Morgan fingerprint density at radius 2 is 2.06 bits per heavy atom. The number of carbonyl (C=O) groups excluding carboxylic acids is 3. The Hall–Kier alpha value is -3.02. The van der Waals surface area contributed by atoms with E-state index in [4.69, 9.17) is 9.73 Å². The third-order valence-electron chi connectivity index (χ3n) is 5.70. The summed E-state index contributed by atoms with van der Waals surface area (Å²) in [6.07, 6.45) is 1.22. The van der Waals surface area contributed by atoms with Gasteiger partial charge in [0.15, 0.2) is 5.17 Å². The molecule has 36 heavy (non-hydrogen) atoms. The zero-order valence-corrected chi connectivity index (χ0v) is 21.9. The minimum absolute atomic E-state index is 0.0541. The number of carbonyl (C=O) groups is 3. The fourth-order valence-electron chi connectivity index (χ4n) is 3.85. The van der Waals surface area contributed by atoms with Gasteiger partial charge < -0.3 is 15.4 Å². The van der Waals surface area contributed by atoms with Crippen molar-refractivity contribution in [3.8, 4) is 0 Å². The molecule has 1 aromatic carbocycles. The molecule has 0 bridgehead atoms. The van der Waals surface area contributed by atoms with Crippen LogP contribution in [0.25, 0.3) is 0 Å². The molecule has 3 heterocycles. The van der Waals surface area contributed by atoms with Crippen LogP contribution in [0.2, 0.25) is 0 Å². The number of hydrogen-bond donors (Lipinski definition) is 2. The van der Waals surface area contributed by atoms with E-state index in [-0.39, 0.29) is 24.1 Å². The van der Waals surface area contributed by atoms with Gasteiger partial charge in [-0.3, -0.25) is 19.4 Å². The average Bonchev–Trinajstić information content (AvgIpc) is 3.52. The van der Waals surface area contributed by atoms with E-state index in [1.807, 2.05) is 48.7 Å². The second kappa shape index (κ2) is 12.3. The molecule has 0 fully saturated rings. The summed E-state index contributed by atoms with van der Waals surface area (Å²) >= 11 is 2.80. The number of hydrogen-bond acceptors (Lipinski definition) is 8. The molecule has 190 valence electrons. The molecule has 2 aliphatic heterocycles. The van der Waals surface area contributed by atoms with Crippen molar-refractivity contribution >= 4 is 57.5 Å². The number of aliphatic imine (C=N–C) groups is 2. The van der Waals surface area contributed by atoms with E-state index >= 15 is 0 Å². The second-order valence-corrected chi connectivity index (χ2v) is 10.5. The lowest BCUT2D eigenvalue weighted by molar-refractivity contribution is -0.128. The van der Waals surface area contributed by atoms with E-state index in [2.05, 4.69) is 15.6 Å². The first kappa shape index (κ1) is 26.1. The Kier molecular flexibility index (Phi) is 8.89. The minimum atomic E-state index is -0.844. The van der Waals surface area contributed by atoms with Crippen molar-refractivity contribution in [1.82, 2.24) is 15.5 Å². The van der Waals surface area contributed by atoms with Crippen molar-refractivity contribution in [3.63, 3.8) is 0 Å². The molecule has 0 aliphatic carbocycles. The molecule has 0 saturated carbocycles. The Balaban J connectivity index is 1.49. The standard InChI is InChI=1S/C25H29N5O4S2/c1-3-20(23(32)26-11-7-12-34-2)36-25-29-18-10-5-4-9-17(18)22-28-19(24(33)30(22)25)14-21(31)27-15-16-8-6-13-35-16/h4-6,8-10,13,19-20H,3,7,11-12,14-15H2,1-2H3,(H,26,32)(H,27,31). The molecule has 4 rings (SSSR count). The van der Waals surface area contributed by atoms with Gasteiger partial charge in [0.25, 0.3) is 5.91 Å². The number of rotatable bonds is 11. The number of amides is 3. The number of fused-ring (bicyclic) bond motifs is 3. The topological polar surface area (TPSA) is 112 Å². The SMILES string of the molecule is CCC(SC1=Nc2ccccc2C2=NC(CC(=O)NCc3cccs3)C(=O)N12)C(=O)NCCCOC. The maximum Gasteiger partial charge on any atom is 0.259 e. The second-order valence-electron chi connectivity index (χ2n) is 8.27. The quantitative estimate of drug-likeness (QED) is 0.436. The van der Waals surface area contributed by atoms with E-state index in [9.17, 15) is 14.4 Å². The van der Waals surface area contributed by atoms with Crippen molar-refractivity contribution in [3.05, 3.63) is 52.2 Å². The normalized spacial score (nSPS) is 17.1. The number of amidine groups is 2. The van der Waals surface area contributed by atoms with Crippen molar-refractivity contribution in [1.29, 1.82) is 0 Å². The van der Waals surface area contributed by atoms with Crippen molar-refractivity contribution < 1.29 is 19.1 Å². The number of benzene rings is 1. The van der Waals surface area contributed by atoms with Crippen molar-refractivity contribution in [2.45, 2.75) is 44.0 Å². The molecule has 0 radical (unpaired) electrons. The van der Waals surface area contributed by atoms with Crippen LogP contribution in [0.15, 0.2) is 51.8 Å². The highest BCUT2D eigenvalue weighted by molar-refractivity contribution is 8.15. The first-order chi connectivity index (χ1) is 17.5. The first-order valence-corrected chi connectivity index (χ1v) is 13.6. The molecule has 1 aromatic heterocycles. The number of nitrogens with one attached hydrogen (secondary N) is 2. The van der Waals surface area contributed by atoms with Crippen LogP contribution < -0.4 is 10.6 Å². The number of methoxy groups -OCH3 is 1. The van der Waals surface area contributed by atoms with Crippen molar-refractivity contribution in [2.24, 2.45) is 9.98 Å². The maximum atomic E-state index is 13.4. The van der Waals surface area contributed by atoms with Crippen molar-refractivity contribution in [2.75, 3.05) is 20.3 Å². The minimum Gasteiger partial charge on any atom is -0.385 e. The summed E-state index contributed by atoms with van der Waals surface area (Å²) in [6, 6.07) is 10.5. The fraction of sp³-hybridized carbons (Fsp3) is 0.400. The molecule has 2 unspecified atom stereocenters. The average molecular weight is 528 g/mol. The van der Waals surface area contributed by atoms with Gasteiger partial charge in [-0.15, -0.1) is 11.3 Å². The third kappa shape index (κ3) is 6.03. The van der Waals surface area contributed by atoms with Gasteiger partial charge in [0.1, 0.15) is 11.9 Å². The molecule has 0 spiro atoms. The predicted octanol–water partition coefficient (Wildman–Crippen LogP) is 3.08. The number of para-hydroxylation sites is 1. The number of nitrogens with zero attached hydrogens (tertiary/aromatic N) is 3. The summed E-state index contributed by atoms with van der Waals surface area (Å²) in [5, 5.41) is 7.71. The van der Waals surface area contributed by atoms with Gasteiger partial charge in [-0.2, -0.15) is 0 Å². The van der Waals surface area contributed by atoms with E-state index in [0.717, 1.165) is 16.9 Å². The van der Waals surface area contributed by atoms with Gasteiger partial charge in [0, 0.05) is 30.7 Å². The molecule has 11 heteroatoms. The van der Waals surface area contributed by atoms with Crippen LogP contribution in [-0.4, -0.2) is 65.2 Å². The molecular formula is C25H29N5O4S2. The summed E-state index contributed by atoms with van der Waals surface area (Å²) in [5.74, 6) is -0.200. The summed E-state index contributed by atoms with van der Waals surface area (Å²) < 4.78 is 5.03. The van der Waals surface area contributed by atoms with E-state index in [1.54, 1.807) is 18.4 Å². The molecular weight excluding hydrogens is 498 g/mol. The van der Waals surface area contributed by atoms with Gasteiger partial charge in [-0.25, -0.2) is 9.89 Å². The lowest BCUT2D eigenvalue weighted by atomic mass is 10.1. The summed E-state index contributed by atoms with van der Waals surface area (Å²) in [7, 11) is 1.62. The monoisotopic (exact) mass is 527 g/mol. The molecule has 2 aliphatic rings. The molecule has 0 saturated heterocycles. The van der Waals surface area contributed by atoms with Gasteiger partial charge in [-0.05, 0) is 36.4 Å². The van der Waals surface area contributed by atoms with Crippen LogP contribution in [0.1, 0.15) is 36.6 Å². The predicted molar refractivity (Wildman–Crippen MR) is 143 cm³/mol. The van der Waals surface area contributed by atoms with Crippen LogP contribution >= 0.6 is 23.1 Å². The van der Waals surface area contributed by atoms with Crippen LogP contribution in [0.3, 0.4) is 0 Å². The highest BCUT2D eigenvalue weighted by atomic mass is 32.2. The highest BCUT2D eigenvalue weighted by Crippen LogP contribution is 2.35. The molecule has 2 atom stereocenters. The highest BCUT2D eigenvalue weighted by Gasteiger charge is 2.43. The van der Waals surface area contributed by atoms with Gasteiger partial charge in [0.05, 0.1) is 23.9 Å². The molecule has 2 aromatic rings. The summed E-state index contributed by atoms with van der Waals surface area (Å²) in [6.45, 7) is 3.42. The van der Waals surface area contributed by atoms with Crippen LogP contribution in [0.4, 0.5) is 5.69 Å². The zero-order chi connectivity index (χ0) is 25.5. The van der Waals surface area contributed by atoms with Crippen LogP contribution in [-0.2, 0) is 25.7 Å². The molecule has 2 N–H and O–H groups in total. The lowest BCUT2D eigenvalue weighted by Gasteiger charge is -2.27. The van der Waals surface area contributed by atoms with E-state index < -0.39 is 11.3 Å². The van der Waals surface area contributed by atoms with Gasteiger partial charge >= 0.3 is 0 Å². The summed E-state index contributed by atoms with van der Waals surface area (Å²) in [5.41, 5.74) is 1.41. The number of ether oxygens (including phenoxy) is 1. The van der Waals surface area contributed by atoms with E-state index in [0.29, 0.717) is 42.8 Å².